The summed E-state index contributed by atoms with van der Waals surface area (Å²) in [6.07, 6.45) is 3.36. The van der Waals surface area contributed by atoms with Gasteiger partial charge in [-0.25, -0.2) is 0 Å². The summed E-state index contributed by atoms with van der Waals surface area (Å²) in [5, 5.41) is 0.974. The monoisotopic (exact) mass is 434 g/mol. The van der Waals surface area contributed by atoms with E-state index in [1.54, 1.807) is 0 Å². The molecule has 0 bridgehead atoms. The van der Waals surface area contributed by atoms with Crippen LogP contribution in [-0.4, -0.2) is 11.9 Å². The largest absolute Gasteiger partial charge is 0.494 e. The van der Waals surface area contributed by atoms with E-state index in [1.165, 1.54) is 34.2 Å². The number of ether oxygens (including phenoxy) is 1. The molecule has 0 N–H and O–H groups in total. The summed E-state index contributed by atoms with van der Waals surface area (Å²) in [6.45, 7) is 2.94. The van der Waals surface area contributed by atoms with E-state index in [9.17, 15) is 0 Å². The molecule has 3 aromatic carbocycles. The van der Waals surface area contributed by atoms with E-state index in [2.05, 4.69) is 95.7 Å². The zero-order chi connectivity index (χ0) is 19.3. The van der Waals surface area contributed by atoms with Crippen molar-refractivity contribution in [1.29, 1.82) is 0 Å². The van der Waals surface area contributed by atoms with Gasteiger partial charge in [-0.1, -0.05) is 82.2 Å². The van der Waals surface area contributed by atoms with Gasteiger partial charge in [-0.2, -0.15) is 0 Å². The molecule has 28 heavy (non-hydrogen) atoms. The van der Waals surface area contributed by atoms with Crippen LogP contribution in [0.5, 0.6) is 5.75 Å². The number of alkyl halides is 1. The van der Waals surface area contributed by atoms with Gasteiger partial charge in [0.15, 0.2) is 0 Å². The van der Waals surface area contributed by atoms with Crippen LogP contribution in [0.1, 0.15) is 52.5 Å². The molecule has 2 atom stereocenters. The van der Waals surface area contributed by atoms with Crippen molar-refractivity contribution < 1.29 is 4.74 Å². The van der Waals surface area contributed by atoms with Gasteiger partial charge < -0.3 is 4.74 Å². The topological polar surface area (TPSA) is 9.23 Å². The molecule has 3 aromatic rings. The number of benzene rings is 3. The molecule has 0 radical (unpaired) electrons. The van der Waals surface area contributed by atoms with E-state index >= 15 is 0 Å². The first-order valence-corrected chi connectivity index (χ1v) is 11.3. The van der Waals surface area contributed by atoms with Crippen molar-refractivity contribution in [1.82, 2.24) is 0 Å². The van der Waals surface area contributed by atoms with E-state index in [1.807, 2.05) is 0 Å². The Labute approximate surface area is 176 Å². The number of fused-ring (bicyclic) bond motifs is 1. The summed E-state index contributed by atoms with van der Waals surface area (Å²) in [5.74, 6) is 1.86. The SMILES string of the molecule is Cc1ccc2c(c1)CC[C@H](c1ccccc1)[C@@H]2c1ccc(OCCCBr)cc1. The van der Waals surface area contributed by atoms with E-state index < -0.39 is 0 Å². The van der Waals surface area contributed by atoms with Crippen molar-refractivity contribution in [3.63, 3.8) is 0 Å². The Morgan fingerprint density at radius 3 is 2.46 bits per heavy atom. The summed E-state index contributed by atoms with van der Waals surface area (Å²) in [5.41, 5.74) is 7.17. The van der Waals surface area contributed by atoms with Gasteiger partial charge in [0, 0.05) is 11.2 Å². The van der Waals surface area contributed by atoms with Gasteiger partial charge in [0.2, 0.25) is 0 Å². The highest BCUT2D eigenvalue weighted by atomic mass is 79.9. The maximum atomic E-state index is 5.86. The summed E-state index contributed by atoms with van der Waals surface area (Å²) >= 11 is 3.46. The van der Waals surface area contributed by atoms with Crippen molar-refractivity contribution in [2.75, 3.05) is 11.9 Å². The first kappa shape index (κ1) is 19.3. The molecule has 0 saturated heterocycles. The minimum absolute atomic E-state index is 0.392. The molecule has 4 rings (SSSR count). The summed E-state index contributed by atoms with van der Waals surface area (Å²) < 4.78 is 5.86. The van der Waals surface area contributed by atoms with Crippen LogP contribution < -0.4 is 4.74 Å². The Balaban J connectivity index is 1.69. The van der Waals surface area contributed by atoms with Crippen LogP contribution in [0, 0.1) is 6.92 Å². The fourth-order valence-electron chi connectivity index (χ4n) is 4.44. The van der Waals surface area contributed by atoms with Gasteiger partial charge in [-0.3, -0.25) is 0 Å². The summed E-state index contributed by atoms with van der Waals surface area (Å²) in [7, 11) is 0. The molecule has 1 aliphatic rings. The van der Waals surface area contributed by atoms with Gasteiger partial charge in [0.25, 0.3) is 0 Å². The highest BCUT2D eigenvalue weighted by molar-refractivity contribution is 9.09. The van der Waals surface area contributed by atoms with Crippen LogP contribution in [0.25, 0.3) is 0 Å². The molecule has 0 heterocycles. The second-order valence-electron chi connectivity index (χ2n) is 7.70. The van der Waals surface area contributed by atoms with Crippen molar-refractivity contribution in [3.8, 4) is 5.75 Å². The predicted molar refractivity (Wildman–Crippen MR) is 121 cm³/mol. The van der Waals surface area contributed by atoms with E-state index in [0.29, 0.717) is 11.8 Å². The summed E-state index contributed by atoms with van der Waals surface area (Å²) in [4.78, 5) is 0. The second-order valence-corrected chi connectivity index (χ2v) is 8.49. The van der Waals surface area contributed by atoms with Crippen LogP contribution >= 0.6 is 15.9 Å². The Morgan fingerprint density at radius 2 is 1.71 bits per heavy atom. The third-order valence-electron chi connectivity index (χ3n) is 5.77. The van der Waals surface area contributed by atoms with Gasteiger partial charge in [0.05, 0.1) is 6.61 Å². The van der Waals surface area contributed by atoms with Crippen LogP contribution in [0.15, 0.2) is 72.8 Å². The second kappa shape index (κ2) is 8.96. The maximum Gasteiger partial charge on any atom is 0.119 e. The molecule has 1 nitrogen and oxygen atoms in total. The lowest BCUT2D eigenvalue weighted by Crippen LogP contribution is -2.20. The van der Waals surface area contributed by atoms with E-state index in [0.717, 1.165) is 30.5 Å². The normalized spacial score (nSPS) is 18.5. The number of hydrogen-bond acceptors (Lipinski definition) is 1. The Bertz CT molecular complexity index is 901. The van der Waals surface area contributed by atoms with Gasteiger partial charge in [-0.15, -0.1) is 0 Å². The van der Waals surface area contributed by atoms with E-state index in [-0.39, 0.29) is 0 Å². The highest BCUT2D eigenvalue weighted by Gasteiger charge is 2.31. The minimum atomic E-state index is 0.392. The minimum Gasteiger partial charge on any atom is -0.494 e. The first-order chi connectivity index (χ1) is 13.8. The standard InChI is InChI=1S/C26H27BrO/c1-19-8-14-25-22(18-19)11-15-24(20-6-3-2-4-7-20)26(25)21-9-12-23(13-10-21)28-17-5-16-27/h2-4,6-10,12-14,18,24,26H,5,11,15-17H2,1H3/t24-,26+/m1/s1. The highest BCUT2D eigenvalue weighted by Crippen LogP contribution is 2.46. The number of hydrogen-bond donors (Lipinski definition) is 0. The van der Waals surface area contributed by atoms with Gasteiger partial charge in [-0.05, 0) is 66.5 Å². The molecule has 0 unspecified atom stereocenters. The molecule has 0 amide bonds. The van der Waals surface area contributed by atoms with Crippen molar-refractivity contribution >= 4 is 15.9 Å². The summed E-state index contributed by atoms with van der Waals surface area (Å²) in [6, 6.07) is 26.8. The lowest BCUT2D eigenvalue weighted by atomic mass is 9.69. The molecule has 0 fully saturated rings. The van der Waals surface area contributed by atoms with Crippen molar-refractivity contribution in [2.45, 2.75) is 38.0 Å². The van der Waals surface area contributed by atoms with Gasteiger partial charge in [0.1, 0.15) is 5.75 Å². The molecule has 1 aliphatic carbocycles. The Kier molecular flexibility index (Phi) is 6.17. The quantitative estimate of drug-likeness (QED) is 0.299. The lowest BCUT2D eigenvalue weighted by molar-refractivity contribution is 0.319. The Morgan fingerprint density at radius 1 is 0.929 bits per heavy atom. The fraction of sp³-hybridized carbons (Fsp3) is 0.308. The molecule has 0 saturated carbocycles. The smallest absolute Gasteiger partial charge is 0.119 e. The average molecular weight is 435 g/mol. The average Bonchev–Trinajstić information content (AvgIpc) is 2.74. The molecule has 0 aliphatic heterocycles. The number of aryl methyl sites for hydroxylation is 2. The van der Waals surface area contributed by atoms with Crippen molar-refractivity contribution in [3.05, 3.63) is 101 Å². The maximum absolute atomic E-state index is 5.86. The molecular weight excluding hydrogens is 408 g/mol. The zero-order valence-corrected chi connectivity index (χ0v) is 18.0. The molecule has 144 valence electrons. The van der Waals surface area contributed by atoms with Crippen LogP contribution in [0.2, 0.25) is 0 Å². The lowest BCUT2D eigenvalue weighted by Gasteiger charge is -2.35. The van der Waals surface area contributed by atoms with E-state index in [4.69, 9.17) is 4.74 Å². The zero-order valence-electron chi connectivity index (χ0n) is 16.4. The molecule has 2 heteroatoms. The Hall–Kier alpha value is -2.06. The van der Waals surface area contributed by atoms with Crippen LogP contribution in [-0.2, 0) is 6.42 Å². The number of rotatable bonds is 6. The van der Waals surface area contributed by atoms with Crippen LogP contribution in [0.3, 0.4) is 0 Å². The molecular formula is C26H27BrO. The van der Waals surface area contributed by atoms with Crippen LogP contribution in [0.4, 0.5) is 0 Å². The fourth-order valence-corrected chi connectivity index (χ4v) is 4.66. The third-order valence-corrected chi connectivity index (χ3v) is 6.33. The number of halogens is 1. The molecule has 0 spiro atoms. The van der Waals surface area contributed by atoms with Crippen molar-refractivity contribution in [2.24, 2.45) is 0 Å². The third kappa shape index (κ3) is 4.17. The van der Waals surface area contributed by atoms with Gasteiger partial charge >= 0.3 is 0 Å². The molecule has 0 aromatic heterocycles. The predicted octanol–water partition coefficient (Wildman–Crippen LogP) is 7.02. The first-order valence-electron chi connectivity index (χ1n) is 10.2.